The van der Waals surface area contributed by atoms with Crippen LogP contribution >= 0.6 is 0 Å². The molecule has 23 heavy (non-hydrogen) atoms. The van der Waals surface area contributed by atoms with Crippen LogP contribution in [0.25, 0.3) is 0 Å². The molecule has 1 atom stereocenters. The molecule has 1 unspecified atom stereocenters. The molecule has 0 radical (unpaired) electrons. The highest BCUT2D eigenvalue weighted by Gasteiger charge is 2.13. The van der Waals surface area contributed by atoms with Crippen LogP contribution in [-0.4, -0.2) is 37.5 Å². The van der Waals surface area contributed by atoms with Crippen molar-refractivity contribution >= 4 is 0 Å². The number of morpholine rings is 1. The minimum Gasteiger partial charge on any atom is -0.504 e. The molecule has 1 aliphatic rings. The van der Waals surface area contributed by atoms with Gasteiger partial charge >= 0.3 is 0 Å². The van der Waals surface area contributed by atoms with Crippen molar-refractivity contribution in [2.45, 2.75) is 19.4 Å². The van der Waals surface area contributed by atoms with E-state index in [-0.39, 0.29) is 5.75 Å². The van der Waals surface area contributed by atoms with Gasteiger partial charge in [0.25, 0.3) is 0 Å². The van der Waals surface area contributed by atoms with Crippen LogP contribution in [-0.2, 0) is 11.2 Å². The van der Waals surface area contributed by atoms with Crippen LogP contribution in [0.15, 0.2) is 54.6 Å². The Morgan fingerprint density at radius 2 is 1.87 bits per heavy atom. The SMILES string of the molecule is CCOc1ccccc1O.c1ccc(CC2CNCCO2)cc1. The molecule has 3 rings (SSSR count). The number of para-hydroxylation sites is 2. The van der Waals surface area contributed by atoms with Crippen molar-refractivity contribution in [3.05, 3.63) is 60.2 Å². The van der Waals surface area contributed by atoms with E-state index in [1.165, 1.54) is 5.56 Å². The standard InChI is InChI=1S/C11H15NO.C8H10O2/c1-2-4-10(5-3-1)8-11-9-12-6-7-13-11;1-2-10-8-6-4-3-5-7(8)9/h1-5,11-12H,6-9H2;3-6,9H,2H2,1H3. The highest BCUT2D eigenvalue weighted by molar-refractivity contribution is 5.37. The molecule has 1 aliphatic heterocycles. The Kier molecular flexibility index (Phi) is 7.43. The van der Waals surface area contributed by atoms with Crippen molar-refractivity contribution in [1.29, 1.82) is 0 Å². The largest absolute Gasteiger partial charge is 0.504 e. The van der Waals surface area contributed by atoms with Crippen LogP contribution < -0.4 is 10.1 Å². The fourth-order valence-electron chi connectivity index (χ4n) is 2.36. The Hall–Kier alpha value is -2.04. The van der Waals surface area contributed by atoms with Crippen LogP contribution in [0, 0.1) is 0 Å². The van der Waals surface area contributed by atoms with E-state index in [0.717, 1.165) is 26.1 Å². The molecule has 0 spiro atoms. The topological polar surface area (TPSA) is 50.7 Å². The number of phenolic OH excluding ortho intramolecular Hbond substituents is 1. The summed E-state index contributed by atoms with van der Waals surface area (Å²) in [6.07, 6.45) is 1.38. The Balaban J connectivity index is 0.000000174. The molecule has 1 saturated heterocycles. The summed E-state index contributed by atoms with van der Waals surface area (Å²) in [5.74, 6) is 0.745. The summed E-state index contributed by atoms with van der Waals surface area (Å²) in [4.78, 5) is 0. The van der Waals surface area contributed by atoms with Crippen LogP contribution in [0.2, 0.25) is 0 Å². The average molecular weight is 315 g/mol. The van der Waals surface area contributed by atoms with Crippen LogP contribution in [0.4, 0.5) is 0 Å². The molecule has 0 aliphatic carbocycles. The molecular weight excluding hydrogens is 290 g/mol. The molecule has 2 aromatic rings. The maximum absolute atomic E-state index is 9.12. The summed E-state index contributed by atoms with van der Waals surface area (Å²) in [7, 11) is 0. The predicted molar refractivity (Wildman–Crippen MR) is 92.0 cm³/mol. The zero-order chi connectivity index (χ0) is 16.3. The van der Waals surface area contributed by atoms with E-state index < -0.39 is 0 Å². The number of hydrogen-bond donors (Lipinski definition) is 2. The van der Waals surface area contributed by atoms with Crippen LogP contribution in [0.5, 0.6) is 11.5 Å². The summed E-state index contributed by atoms with van der Waals surface area (Å²) >= 11 is 0. The van der Waals surface area contributed by atoms with E-state index in [9.17, 15) is 0 Å². The minimum atomic E-state index is 0.198. The van der Waals surface area contributed by atoms with Gasteiger partial charge in [0.1, 0.15) is 0 Å². The molecule has 4 heteroatoms. The zero-order valence-electron chi connectivity index (χ0n) is 13.6. The molecule has 0 aromatic heterocycles. The van der Waals surface area contributed by atoms with Crippen LogP contribution in [0.3, 0.4) is 0 Å². The smallest absolute Gasteiger partial charge is 0.160 e. The third-order valence-electron chi connectivity index (χ3n) is 3.48. The summed E-state index contributed by atoms with van der Waals surface area (Å²) in [6.45, 7) is 5.28. The molecule has 1 fully saturated rings. The molecule has 2 N–H and O–H groups in total. The Morgan fingerprint density at radius 3 is 2.52 bits per heavy atom. The second-order valence-corrected chi connectivity index (χ2v) is 5.29. The molecule has 0 bridgehead atoms. The van der Waals surface area contributed by atoms with Crippen molar-refractivity contribution < 1.29 is 14.6 Å². The third kappa shape index (κ3) is 6.30. The van der Waals surface area contributed by atoms with Crippen molar-refractivity contribution in [1.82, 2.24) is 5.32 Å². The average Bonchev–Trinajstić information content (AvgIpc) is 2.60. The van der Waals surface area contributed by atoms with Crippen molar-refractivity contribution in [2.75, 3.05) is 26.3 Å². The van der Waals surface area contributed by atoms with Gasteiger partial charge in [-0.2, -0.15) is 0 Å². The number of ether oxygens (including phenoxy) is 2. The lowest BCUT2D eigenvalue weighted by atomic mass is 10.1. The maximum atomic E-state index is 9.12. The molecule has 2 aromatic carbocycles. The Morgan fingerprint density at radius 1 is 1.13 bits per heavy atom. The van der Waals surface area contributed by atoms with Gasteiger partial charge in [0.2, 0.25) is 0 Å². The lowest BCUT2D eigenvalue weighted by Gasteiger charge is -2.23. The zero-order valence-corrected chi connectivity index (χ0v) is 13.6. The Bertz CT molecular complexity index is 554. The number of aromatic hydroxyl groups is 1. The van der Waals surface area contributed by atoms with Gasteiger partial charge in [-0.15, -0.1) is 0 Å². The molecule has 0 saturated carbocycles. The predicted octanol–water partition coefficient (Wildman–Crippen LogP) is 3.01. The summed E-state index contributed by atoms with van der Waals surface area (Å²) < 4.78 is 10.7. The quantitative estimate of drug-likeness (QED) is 0.910. The maximum Gasteiger partial charge on any atom is 0.160 e. The summed E-state index contributed by atoms with van der Waals surface area (Å²) in [6, 6.07) is 17.4. The fraction of sp³-hybridized carbons (Fsp3) is 0.368. The molecule has 0 amide bonds. The second-order valence-electron chi connectivity index (χ2n) is 5.29. The summed E-state index contributed by atoms with van der Waals surface area (Å²) in [5.41, 5.74) is 1.36. The number of hydrogen-bond acceptors (Lipinski definition) is 4. The first-order valence-electron chi connectivity index (χ1n) is 8.06. The first-order valence-corrected chi connectivity index (χ1v) is 8.06. The van der Waals surface area contributed by atoms with Gasteiger partial charge < -0.3 is 19.9 Å². The first kappa shape index (κ1) is 17.3. The van der Waals surface area contributed by atoms with Crippen molar-refractivity contribution in [2.24, 2.45) is 0 Å². The lowest BCUT2D eigenvalue weighted by molar-refractivity contribution is 0.0292. The number of benzene rings is 2. The molecule has 124 valence electrons. The molecular formula is C19H25NO3. The van der Waals surface area contributed by atoms with E-state index >= 15 is 0 Å². The van der Waals surface area contributed by atoms with E-state index in [4.69, 9.17) is 14.6 Å². The van der Waals surface area contributed by atoms with E-state index in [2.05, 4.69) is 29.6 Å². The lowest BCUT2D eigenvalue weighted by Crippen LogP contribution is -2.39. The van der Waals surface area contributed by atoms with Gasteiger partial charge in [-0.25, -0.2) is 0 Å². The van der Waals surface area contributed by atoms with E-state index in [0.29, 0.717) is 18.5 Å². The Labute approximate surface area is 138 Å². The van der Waals surface area contributed by atoms with E-state index in [1.807, 2.05) is 19.1 Å². The van der Waals surface area contributed by atoms with Gasteiger partial charge in [0.15, 0.2) is 11.5 Å². The summed E-state index contributed by atoms with van der Waals surface area (Å²) in [5, 5.41) is 12.4. The van der Waals surface area contributed by atoms with E-state index in [1.54, 1.807) is 18.2 Å². The van der Waals surface area contributed by atoms with Gasteiger partial charge in [0, 0.05) is 13.1 Å². The van der Waals surface area contributed by atoms with Gasteiger partial charge in [0.05, 0.1) is 19.3 Å². The van der Waals surface area contributed by atoms with Crippen molar-refractivity contribution in [3.8, 4) is 11.5 Å². The third-order valence-corrected chi connectivity index (χ3v) is 3.48. The number of nitrogens with one attached hydrogen (secondary N) is 1. The normalized spacial score (nSPS) is 17.0. The van der Waals surface area contributed by atoms with Gasteiger partial charge in [-0.05, 0) is 31.0 Å². The number of rotatable bonds is 4. The fourth-order valence-corrected chi connectivity index (χ4v) is 2.36. The second kappa shape index (κ2) is 9.87. The number of phenols is 1. The first-order chi connectivity index (χ1) is 11.3. The van der Waals surface area contributed by atoms with Gasteiger partial charge in [-0.1, -0.05) is 42.5 Å². The monoisotopic (exact) mass is 315 g/mol. The van der Waals surface area contributed by atoms with Crippen molar-refractivity contribution in [3.63, 3.8) is 0 Å². The van der Waals surface area contributed by atoms with Gasteiger partial charge in [-0.3, -0.25) is 0 Å². The molecule has 4 nitrogen and oxygen atoms in total. The van der Waals surface area contributed by atoms with Crippen LogP contribution in [0.1, 0.15) is 12.5 Å². The highest BCUT2D eigenvalue weighted by Crippen LogP contribution is 2.23. The highest BCUT2D eigenvalue weighted by atomic mass is 16.5. The molecule has 1 heterocycles. The minimum absolute atomic E-state index is 0.198.